The van der Waals surface area contributed by atoms with E-state index in [-0.39, 0.29) is 11.7 Å². The number of nitrogens with one attached hydrogen (secondary N) is 1. The number of aromatic nitrogens is 3. The highest BCUT2D eigenvalue weighted by Crippen LogP contribution is 2.27. The van der Waals surface area contributed by atoms with E-state index in [1.54, 1.807) is 0 Å². The van der Waals surface area contributed by atoms with Gasteiger partial charge in [0.2, 0.25) is 5.91 Å². The van der Waals surface area contributed by atoms with Crippen LogP contribution < -0.4 is 10.2 Å². The van der Waals surface area contributed by atoms with Crippen LogP contribution in [-0.4, -0.2) is 52.7 Å². The fourth-order valence-corrected chi connectivity index (χ4v) is 4.45. The van der Waals surface area contributed by atoms with E-state index in [0.29, 0.717) is 13.2 Å². The van der Waals surface area contributed by atoms with Crippen molar-refractivity contribution < 1.29 is 9.53 Å². The van der Waals surface area contributed by atoms with E-state index < -0.39 is 0 Å². The van der Waals surface area contributed by atoms with E-state index in [2.05, 4.69) is 44.0 Å². The summed E-state index contributed by atoms with van der Waals surface area (Å²) in [6.45, 7) is 5.89. The number of anilines is 2. The summed E-state index contributed by atoms with van der Waals surface area (Å²) < 4.78 is 7.52. The predicted octanol–water partition coefficient (Wildman–Crippen LogP) is 3.46. The second-order valence-corrected chi connectivity index (χ2v) is 8.20. The number of nitrogens with zero attached hydrogens (tertiary/aromatic N) is 4. The van der Waals surface area contributed by atoms with Crippen molar-refractivity contribution in [1.82, 2.24) is 14.8 Å². The first-order chi connectivity index (χ1) is 15.2. The molecule has 0 unspecified atom stereocenters. The van der Waals surface area contributed by atoms with Crippen molar-refractivity contribution in [2.45, 2.75) is 25.0 Å². The van der Waals surface area contributed by atoms with Gasteiger partial charge in [0.15, 0.2) is 5.16 Å². The van der Waals surface area contributed by atoms with Crippen LogP contribution in [-0.2, 0) is 22.5 Å². The van der Waals surface area contributed by atoms with Gasteiger partial charge in [-0.3, -0.25) is 4.79 Å². The van der Waals surface area contributed by atoms with Crippen LogP contribution in [0.3, 0.4) is 0 Å². The molecular weight excluding hydrogens is 410 g/mol. The first-order valence-corrected chi connectivity index (χ1v) is 11.5. The zero-order valence-corrected chi connectivity index (χ0v) is 18.5. The molecule has 0 aliphatic carbocycles. The molecule has 2 heterocycles. The molecular formula is C23H27N5O2S. The van der Waals surface area contributed by atoms with Crippen LogP contribution in [0.1, 0.15) is 18.3 Å². The van der Waals surface area contributed by atoms with E-state index in [9.17, 15) is 4.79 Å². The molecule has 162 valence electrons. The number of hydrogen-bond donors (Lipinski definition) is 1. The molecule has 3 aromatic rings. The maximum absolute atomic E-state index is 12.7. The number of rotatable bonds is 8. The molecule has 1 aliphatic heterocycles. The third-order valence-electron chi connectivity index (χ3n) is 5.18. The number of amides is 1. The minimum Gasteiger partial charge on any atom is -0.378 e. The van der Waals surface area contributed by atoms with Crippen molar-refractivity contribution in [3.63, 3.8) is 0 Å². The summed E-state index contributed by atoms with van der Waals surface area (Å²) >= 11 is 1.42. The van der Waals surface area contributed by atoms with Crippen LogP contribution in [0.2, 0.25) is 0 Å². The molecule has 2 aromatic carbocycles. The minimum absolute atomic E-state index is 0.0547. The van der Waals surface area contributed by atoms with Crippen molar-refractivity contribution >= 4 is 29.0 Å². The third kappa shape index (κ3) is 5.45. The third-order valence-corrected chi connectivity index (χ3v) is 6.14. The molecule has 1 N–H and O–H groups in total. The summed E-state index contributed by atoms with van der Waals surface area (Å²) in [4.78, 5) is 14.9. The molecule has 0 bridgehead atoms. The van der Waals surface area contributed by atoms with Crippen LogP contribution in [0.25, 0.3) is 0 Å². The number of thioether (sulfide) groups is 1. The zero-order valence-electron chi connectivity index (χ0n) is 17.7. The van der Waals surface area contributed by atoms with Crippen molar-refractivity contribution in [3.05, 3.63) is 66.0 Å². The second-order valence-electron chi connectivity index (χ2n) is 7.26. The Balaban J connectivity index is 1.38. The summed E-state index contributed by atoms with van der Waals surface area (Å²) in [7, 11) is 0. The molecule has 0 saturated carbocycles. The number of carbonyl (C=O) groups is 1. The van der Waals surface area contributed by atoms with Crippen molar-refractivity contribution in [3.8, 4) is 0 Å². The molecule has 1 amide bonds. The average molecular weight is 438 g/mol. The van der Waals surface area contributed by atoms with Gasteiger partial charge >= 0.3 is 0 Å². The van der Waals surface area contributed by atoms with Crippen molar-refractivity contribution in [2.24, 2.45) is 0 Å². The Hall–Kier alpha value is -2.84. The van der Waals surface area contributed by atoms with Gasteiger partial charge in [-0.1, -0.05) is 54.2 Å². The van der Waals surface area contributed by atoms with Crippen LogP contribution in [0.4, 0.5) is 11.4 Å². The number of hydrogen-bond acceptors (Lipinski definition) is 6. The molecule has 1 aromatic heterocycles. The summed E-state index contributed by atoms with van der Waals surface area (Å²) in [6.07, 6.45) is 0.724. The Bertz CT molecular complexity index is 1000. The molecule has 0 atom stereocenters. The number of morpholine rings is 1. The molecule has 1 saturated heterocycles. The van der Waals surface area contributed by atoms with Crippen LogP contribution >= 0.6 is 11.8 Å². The van der Waals surface area contributed by atoms with Crippen LogP contribution in [0.5, 0.6) is 0 Å². The molecule has 0 spiro atoms. The molecule has 7 nitrogen and oxygen atoms in total. The molecule has 1 aliphatic rings. The first-order valence-electron chi connectivity index (χ1n) is 10.5. The maximum atomic E-state index is 12.7. The van der Waals surface area contributed by atoms with E-state index in [1.165, 1.54) is 17.3 Å². The maximum Gasteiger partial charge on any atom is 0.234 e. The average Bonchev–Trinajstić information content (AvgIpc) is 3.20. The van der Waals surface area contributed by atoms with Crippen LogP contribution in [0, 0.1) is 0 Å². The molecule has 1 fully saturated rings. The van der Waals surface area contributed by atoms with E-state index in [0.717, 1.165) is 48.4 Å². The molecule has 8 heteroatoms. The lowest BCUT2D eigenvalue weighted by Crippen LogP contribution is -2.36. The van der Waals surface area contributed by atoms with E-state index >= 15 is 0 Å². The van der Waals surface area contributed by atoms with E-state index in [4.69, 9.17) is 4.74 Å². The lowest BCUT2D eigenvalue weighted by molar-refractivity contribution is -0.113. The second kappa shape index (κ2) is 10.5. The van der Waals surface area contributed by atoms with Crippen molar-refractivity contribution in [1.29, 1.82) is 0 Å². The number of benzene rings is 2. The zero-order chi connectivity index (χ0) is 21.5. The van der Waals surface area contributed by atoms with Gasteiger partial charge in [-0.15, -0.1) is 10.2 Å². The number of ether oxygens (including phenoxy) is 1. The van der Waals surface area contributed by atoms with Gasteiger partial charge in [0, 0.05) is 26.1 Å². The van der Waals surface area contributed by atoms with Gasteiger partial charge in [-0.05, 0) is 24.6 Å². The first kappa shape index (κ1) is 21.4. The summed E-state index contributed by atoms with van der Waals surface area (Å²) in [6, 6.07) is 18.1. The Morgan fingerprint density at radius 3 is 2.58 bits per heavy atom. The summed E-state index contributed by atoms with van der Waals surface area (Å²) in [5.41, 5.74) is 3.06. The Kier molecular flexibility index (Phi) is 7.22. The van der Waals surface area contributed by atoms with Crippen LogP contribution in [0.15, 0.2) is 59.8 Å². The quantitative estimate of drug-likeness (QED) is 0.544. The van der Waals surface area contributed by atoms with Gasteiger partial charge in [0.25, 0.3) is 0 Å². The highest BCUT2D eigenvalue weighted by Gasteiger charge is 2.17. The Morgan fingerprint density at radius 1 is 1.06 bits per heavy atom. The fraction of sp³-hybridized carbons (Fsp3) is 0.348. The Labute approximate surface area is 186 Å². The van der Waals surface area contributed by atoms with Gasteiger partial charge in [0.1, 0.15) is 5.82 Å². The largest absolute Gasteiger partial charge is 0.378 e. The summed E-state index contributed by atoms with van der Waals surface area (Å²) in [5, 5.41) is 12.5. The fourth-order valence-electron chi connectivity index (χ4n) is 3.63. The van der Waals surface area contributed by atoms with Gasteiger partial charge < -0.3 is 19.5 Å². The number of carbonyl (C=O) groups excluding carboxylic acids is 1. The van der Waals surface area contributed by atoms with Gasteiger partial charge in [-0.25, -0.2) is 0 Å². The van der Waals surface area contributed by atoms with Crippen molar-refractivity contribution in [2.75, 3.05) is 42.3 Å². The van der Waals surface area contributed by atoms with Gasteiger partial charge in [-0.2, -0.15) is 0 Å². The summed E-state index contributed by atoms with van der Waals surface area (Å²) in [5.74, 6) is 1.14. The lowest BCUT2D eigenvalue weighted by atomic mass is 10.1. The molecule has 4 rings (SSSR count). The highest BCUT2D eigenvalue weighted by atomic mass is 32.2. The SMILES string of the molecule is CCn1c(Cc2ccccc2)nnc1SCC(=O)Nc1ccccc1N1CCOCC1. The van der Waals surface area contributed by atoms with E-state index in [1.807, 2.05) is 42.5 Å². The smallest absolute Gasteiger partial charge is 0.234 e. The normalized spacial score (nSPS) is 13.9. The highest BCUT2D eigenvalue weighted by molar-refractivity contribution is 7.99. The predicted molar refractivity (Wildman–Crippen MR) is 124 cm³/mol. The minimum atomic E-state index is -0.0547. The molecule has 31 heavy (non-hydrogen) atoms. The number of para-hydroxylation sites is 2. The lowest BCUT2D eigenvalue weighted by Gasteiger charge is -2.30. The molecule has 0 radical (unpaired) electrons. The Morgan fingerprint density at radius 2 is 1.81 bits per heavy atom. The monoisotopic (exact) mass is 437 g/mol. The van der Waals surface area contributed by atoms with Gasteiger partial charge in [0.05, 0.1) is 30.3 Å². The standard InChI is InChI=1S/C23H27N5O2S/c1-2-28-21(16-18-8-4-3-5-9-18)25-26-23(28)31-17-22(29)24-19-10-6-7-11-20(19)27-12-14-30-15-13-27/h3-11H,2,12-17H2,1H3,(H,24,29). The topological polar surface area (TPSA) is 72.3 Å².